The Morgan fingerprint density at radius 1 is 1.11 bits per heavy atom. The van der Waals surface area contributed by atoms with Gasteiger partial charge in [0.2, 0.25) is 0 Å². The van der Waals surface area contributed by atoms with E-state index in [-0.39, 0.29) is 12.0 Å². The van der Waals surface area contributed by atoms with E-state index in [2.05, 4.69) is 0 Å². The zero-order chi connectivity index (χ0) is 14.1. The fourth-order valence-corrected chi connectivity index (χ4v) is 3.16. The van der Waals surface area contributed by atoms with Crippen LogP contribution in [-0.4, -0.2) is 38.8 Å². The first kappa shape index (κ1) is 14.8. The molecule has 0 saturated carbocycles. The monoisotopic (exact) mass is 304 g/mol. The largest absolute Gasteiger partial charge is 0.387 e. The quantitative estimate of drug-likeness (QED) is 0.787. The van der Waals surface area contributed by atoms with E-state index < -0.39 is 28.6 Å². The third-order valence-corrected chi connectivity index (χ3v) is 4.62. The Labute approximate surface area is 121 Å². The van der Waals surface area contributed by atoms with Gasteiger partial charge in [0.15, 0.2) is 0 Å². The molecular weight excluding hydrogens is 290 g/mol. The number of alkyl halides is 3. The molecule has 0 saturated heterocycles. The summed E-state index contributed by atoms with van der Waals surface area (Å²) in [4.78, 5) is -2.50. The van der Waals surface area contributed by atoms with Gasteiger partial charge >= 0.3 is 0 Å². The molecule has 2 aliphatic rings. The van der Waals surface area contributed by atoms with Crippen LogP contribution in [0.5, 0.6) is 0 Å². The van der Waals surface area contributed by atoms with E-state index in [9.17, 15) is 14.6 Å². The molecule has 0 fully saturated rings. The van der Waals surface area contributed by atoms with Gasteiger partial charge < -0.3 is 10.2 Å². The van der Waals surface area contributed by atoms with Crippen LogP contribution >= 0.6 is 23.2 Å². The second kappa shape index (κ2) is 5.41. The predicted octanol–water partition coefficient (Wildman–Crippen LogP) is 2.65. The number of aliphatic hydroxyl groups excluding tert-OH is 2. The highest BCUT2D eigenvalue weighted by Crippen LogP contribution is 2.44. The molecule has 5 heteroatoms. The highest BCUT2D eigenvalue weighted by atomic mass is 35.5. The van der Waals surface area contributed by atoms with E-state index in [1.165, 1.54) is 18.2 Å². The highest BCUT2D eigenvalue weighted by Gasteiger charge is 2.48. The molecule has 0 amide bonds. The van der Waals surface area contributed by atoms with Crippen LogP contribution < -0.4 is 0 Å². The third kappa shape index (κ3) is 2.65. The van der Waals surface area contributed by atoms with Gasteiger partial charge in [-0.05, 0) is 12.0 Å². The van der Waals surface area contributed by atoms with Crippen molar-refractivity contribution in [1.82, 2.24) is 0 Å². The lowest BCUT2D eigenvalue weighted by atomic mass is 9.78. The maximum absolute atomic E-state index is 13.1. The van der Waals surface area contributed by atoms with Crippen molar-refractivity contribution >= 4 is 23.2 Å². The maximum Gasteiger partial charge on any atom is 0.113 e. The second-order valence-electron chi connectivity index (χ2n) is 4.81. The van der Waals surface area contributed by atoms with Crippen molar-refractivity contribution in [2.24, 2.45) is 0 Å². The maximum atomic E-state index is 13.1. The first-order valence-corrected chi connectivity index (χ1v) is 6.72. The van der Waals surface area contributed by atoms with E-state index in [1.807, 2.05) is 0 Å². The van der Waals surface area contributed by atoms with Crippen LogP contribution in [0.4, 0.5) is 4.39 Å². The molecular formula is C14H15Cl2FO2. The van der Waals surface area contributed by atoms with E-state index in [0.29, 0.717) is 0 Å². The molecule has 0 bridgehead atoms. The number of allylic oxidation sites excluding steroid dienone is 4. The SMILES string of the molecule is OC1C=CC=CC1(Cl)CC1(Cl)C(CF)=CC=CC1O. The summed E-state index contributed by atoms with van der Waals surface area (Å²) in [6, 6.07) is 0. The summed E-state index contributed by atoms with van der Waals surface area (Å²) >= 11 is 12.8. The Balaban J connectivity index is 2.30. The fraction of sp³-hybridized carbons (Fsp3) is 0.429. The van der Waals surface area contributed by atoms with Crippen molar-refractivity contribution in [3.05, 3.63) is 48.1 Å². The van der Waals surface area contributed by atoms with E-state index in [0.717, 1.165) is 0 Å². The lowest BCUT2D eigenvalue weighted by molar-refractivity contribution is 0.138. The number of halogens is 3. The van der Waals surface area contributed by atoms with Gasteiger partial charge in [-0.25, -0.2) is 4.39 Å². The van der Waals surface area contributed by atoms with Crippen LogP contribution in [0.3, 0.4) is 0 Å². The lowest BCUT2D eigenvalue weighted by Gasteiger charge is -2.41. The minimum Gasteiger partial charge on any atom is -0.387 e. The van der Waals surface area contributed by atoms with Crippen LogP contribution in [-0.2, 0) is 0 Å². The minimum atomic E-state index is -1.35. The van der Waals surface area contributed by atoms with E-state index >= 15 is 0 Å². The number of hydrogen-bond acceptors (Lipinski definition) is 2. The molecule has 2 nitrogen and oxygen atoms in total. The summed E-state index contributed by atoms with van der Waals surface area (Å²) in [6.45, 7) is -0.770. The van der Waals surface area contributed by atoms with Crippen LogP contribution in [0.25, 0.3) is 0 Å². The van der Waals surface area contributed by atoms with Gasteiger partial charge in [0, 0.05) is 0 Å². The molecule has 0 aromatic heterocycles. The molecule has 2 aliphatic carbocycles. The Morgan fingerprint density at radius 3 is 2.42 bits per heavy atom. The molecule has 2 rings (SSSR count). The van der Waals surface area contributed by atoms with E-state index in [1.54, 1.807) is 24.3 Å². The number of hydrogen-bond donors (Lipinski definition) is 2. The molecule has 104 valence electrons. The van der Waals surface area contributed by atoms with Gasteiger partial charge in [0.1, 0.15) is 6.67 Å². The van der Waals surface area contributed by atoms with Crippen LogP contribution in [0.1, 0.15) is 6.42 Å². The topological polar surface area (TPSA) is 40.5 Å². The summed E-state index contributed by atoms with van der Waals surface area (Å²) in [5.41, 5.74) is 0.263. The number of rotatable bonds is 3. The van der Waals surface area contributed by atoms with Gasteiger partial charge in [-0.1, -0.05) is 42.5 Å². The first-order chi connectivity index (χ1) is 8.92. The fourth-order valence-electron chi connectivity index (χ4n) is 2.33. The molecule has 0 aromatic rings. The number of aliphatic hydroxyl groups is 2. The zero-order valence-corrected chi connectivity index (χ0v) is 11.7. The molecule has 0 aliphatic heterocycles. The molecule has 0 aromatic carbocycles. The minimum absolute atomic E-state index is 0.0202. The molecule has 19 heavy (non-hydrogen) atoms. The summed E-state index contributed by atoms with van der Waals surface area (Å²) in [6.07, 6.45) is 9.15. The summed E-state index contributed by atoms with van der Waals surface area (Å²) in [7, 11) is 0. The highest BCUT2D eigenvalue weighted by molar-refractivity contribution is 6.30. The first-order valence-electron chi connectivity index (χ1n) is 5.96. The Bertz CT molecular complexity index is 472. The average molecular weight is 305 g/mol. The van der Waals surface area contributed by atoms with Crippen molar-refractivity contribution < 1.29 is 14.6 Å². The molecule has 0 heterocycles. The van der Waals surface area contributed by atoms with Crippen molar-refractivity contribution in [1.29, 1.82) is 0 Å². The van der Waals surface area contributed by atoms with Gasteiger partial charge in [-0.15, -0.1) is 23.2 Å². The lowest BCUT2D eigenvalue weighted by Crippen LogP contribution is -2.48. The van der Waals surface area contributed by atoms with Gasteiger partial charge in [0.25, 0.3) is 0 Å². The van der Waals surface area contributed by atoms with Crippen molar-refractivity contribution in [2.45, 2.75) is 28.4 Å². The molecule has 4 unspecified atom stereocenters. The van der Waals surface area contributed by atoms with E-state index in [4.69, 9.17) is 23.2 Å². The van der Waals surface area contributed by atoms with Gasteiger partial charge in [-0.2, -0.15) is 0 Å². The van der Waals surface area contributed by atoms with Gasteiger partial charge in [0.05, 0.1) is 22.0 Å². The normalized spacial score (nSPS) is 41.4. The standard InChI is InChI=1S/C14H15Cl2FO2/c15-13(7-2-1-5-11(13)18)9-14(16)10(8-17)4-3-6-12(14)19/h1-7,11-12,18-19H,8-9H2. The van der Waals surface area contributed by atoms with Crippen LogP contribution in [0.2, 0.25) is 0 Å². The Hall–Kier alpha value is -0.610. The Morgan fingerprint density at radius 2 is 1.79 bits per heavy atom. The van der Waals surface area contributed by atoms with Crippen LogP contribution in [0.15, 0.2) is 48.1 Å². The smallest absolute Gasteiger partial charge is 0.113 e. The summed E-state index contributed by atoms with van der Waals surface area (Å²) in [5, 5.41) is 20.0. The second-order valence-corrected chi connectivity index (χ2v) is 6.19. The molecule has 0 radical (unpaired) electrons. The van der Waals surface area contributed by atoms with Crippen molar-refractivity contribution in [2.75, 3.05) is 6.67 Å². The molecule has 2 N–H and O–H groups in total. The third-order valence-electron chi connectivity index (χ3n) is 3.54. The zero-order valence-electron chi connectivity index (χ0n) is 10.1. The summed E-state index contributed by atoms with van der Waals surface area (Å²) < 4.78 is 13.1. The average Bonchev–Trinajstić information content (AvgIpc) is 2.36. The van der Waals surface area contributed by atoms with Crippen molar-refractivity contribution in [3.63, 3.8) is 0 Å². The Kier molecular flexibility index (Phi) is 4.21. The molecule has 0 spiro atoms. The van der Waals surface area contributed by atoms with Crippen LogP contribution in [0, 0.1) is 0 Å². The predicted molar refractivity (Wildman–Crippen MR) is 75.3 cm³/mol. The summed E-state index contributed by atoms with van der Waals surface area (Å²) in [5.74, 6) is 0. The van der Waals surface area contributed by atoms with Gasteiger partial charge in [-0.3, -0.25) is 0 Å². The van der Waals surface area contributed by atoms with Crippen molar-refractivity contribution in [3.8, 4) is 0 Å². The molecule has 4 atom stereocenters.